The van der Waals surface area contributed by atoms with Gasteiger partial charge in [0.25, 0.3) is 5.91 Å². The summed E-state index contributed by atoms with van der Waals surface area (Å²) in [4.78, 5) is 23.0. The highest BCUT2D eigenvalue weighted by Gasteiger charge is 2.30. The fraction of sp³-hybridized carbons (Fsp3) is 0.500. The van der Waals surface area contributed by atoms with E-state index >= 15 is 0 Å². The summed E-state index contributed by atoms with van der Waals surface area (Å²) in [7, 11) is 0. The third-order valence-corrected chi connectivity index (χ3v) is 3.87. The minimum atomic E-state index is -0.759. The number of carboxylic acid groups (broad SMARTS) is 1. The zero-order valence-corrected chi connectivity index (χ0v) is 11.8. The van der Waals surface area contributed by atoms with Crippen molar-refractivity contribution in [1.82, 2.24) is 5.32 Å². The first-order chi connectivity index (χ1) is 9.60. The van der Waals surface area contributed by atoms with Crippen molar-refractivity contribution >= 4 is 11.9 Å². The average molecular weight is 275 g/mol. The molecule has 0 radical (unpaired) electrons. The van der Waals surface area contributed by atoms with Crippen molar-refractivity contribution in [3.8, 4) is 0 Å². The van der Waals surface area contributed by atoms with Crippen molar-refractivity contribution in [3.05, 3.63) is 35.4 Å². The van der Waals surface area contributed by atoms with Crippen molar-refractivity contribution in [2.75, 3.05) is 0 Å². The fourth-order valence-electron chi connectivity index (χ4n) is 2.72. The maximum Gasteiger partial charge on any atom is 0.306 e. The lowest BCUT2D eigenvalue weighted by atomic mass is 10.1. The molecule has 0 aliphatic heterocycles. The topological polar surface area (TPSA) is 66.4 Å². The Kier molecular flexibility index (Phi) is 4.77. The van der Waals surface area contributed by atoms with Crippen LogP contribution in [0.5, 0.6) is 0 Å². The summed E-state index contributed by atoms with van der Waals surface area (Å²) in [6.07, 6.45) is 4.04. The molecule has 4 heteroatoms. The Morgan fingerprint density at radius 3 is 2.50 bits per heavy atom. The maximum atomic E-state index is 12.1. The number of hydrogen-bond donors (Lipinski definition) is 2. The number of carbonyl (C=O) groups excluding carboxylic acids is 1. The molecule has 2 atom stereocenters. The standard InChI is InChI=1S/C16H21NO3/c1-2-3-11-4-6-12(7-5-11)15(18)17-14-9-8-13(10-14)16(19)20/h4-7,13-14H,2-3,8-10H2,1H3,(H,17,18)(H,19,20)/t13-,14+/m0/s1. The average Bonchev–Trinajstić information content (AvgIpc) is 2.88. The second kappa shape index (κ2) is 6.55. The minimum Gasteiger partial charge on any atom is -0.481 e. The summed E-state index contributed by atoms with van der Waals surface area (Å²) in [6.45, 7) is 2.12. The molecule has 1 aromatic rings. The molecule has 0 heterocycles. The summed E-state index contributed by atoms with van der Waals surface area (Å²) in [5, 5.41) is 11.9. The van der Waals surface area contributed by atoms with Gasteiger partial charge in [-0.2, -0.15) is 0 Å². The number of aliphatic carboxylic acids is 1. The third kappa shape index (κ3) is 3.59. The SMILES string of the molecule is CCCc1ccc(C(=O)N[C@@H]2CC[C@H](C(=O)O)C2)cc1. The highest BCUT2D eigenvalue weighted by atomic mass is 16.4. The van der Waals surface area contributed by atoms with Crippen LogP contribution >= 0.6 is 0 Å². The van der Waals surface area contributed by atoms with Gasteiger partial charge in [0.05, 0.1) is 5.92 Å². The van der Waals surface area contributed by atoms with Crippen molar-refractivity contribution in [2.24, 2.45) is 5.92 Å². The quantitative estimate of drug-likeness (QED) is 0.868. The van der Waals surface area contributed by atoms with Gasteiger partial charge in [-0.15, -0.1) is 0 Å². The maximum absolute atomic E-state index is 12.1. The molecule has 1 saturated carbocycles. The lowest BCUT2D eigenvalue weighted by Crippen LogP contribution is -2.33. The van der Waals surface area contributed by atoms with E-state index in [9.17, 15) is 9.59 Å². The number of nitrogens with one attached hydrogen (secondary N) is 1. The fourth-order valence-corrected chi connectivity index (χ4v) is 2.72. The summed E-state index contributed by atoms with van der Waals surface area (Å²) < 4.78 is 0. The molecule has 2 N–H and O–H groups in total. The minimum absolute atomic E-state index is 0.0149. The van der Waals surface area contributed by atoms with Crippen LogP contribution in [-0.4, -0.2) is 23.0 Å². The van der Waals surface area contributed by atoms with Crippen molar-refractivity contribution in [2.45, 2.75) is 45.1 Å². The number of benzene rings is 1. The molecular weight excluding hydrogens is 254 g/mol. The van der Waals surface area contributed by atoms with Crippen molar-refractivity contribution in [1.29, 1.82) is 0 Å². The van der Waals surface area contributed by atoms with Gasteiger partial charge in [-0.3, -0.25) is 9.59 Å². The van der Waals surface area contributed by atoms with Gasteiger partial charge in [0, 0.05) is 11.6 Å². The van der Waals surface area contributed by atoms with Gasteiger partial charge in [-0.1, -0.05) is 25.5 Å². The van der Waals surface area contributed by atoms with E-state index < -0.39 is 5.97 Å². The first-order valence-electron chi connectivity index (χ1n) is 7.22. The predicted molar refractivity (Wildman–Crippen MR) is 76.7 cm³/mol. The van der Waals surface area contributed by atoms with Crippen LogP contribution in [0.4, 0.5) is 0 Å². The normalized spacial score (nSPS) is 21.6. The van der Waals surface area contributed by atoms with Crippen LogP contribution in [0.2, 0.25) is 0 Å². The molecule has 0 bridgehead atoms. The van der Waals surface area contributed by atoms with E-state index in [0.29, 0.717) is 18.4 Å². The Bertz CT molecular complexity index is 481. The molecule has 4 nitrogen and oxygen atoms in total. The summed E-state index contributed by atoms with van der Waals surface area (Å²) in [5.74, 6) is -1.18. The molecule has 0 aromatic heterocycles. The lowest BCUT2D eigenvalue weighted by Gasteiger charge is -2.12. The zero-order chi connectivity index (χ0) is 14.5. The van der Waals surface area contributed by atoms with Gasteiger partial charge in [-0.05, 0) is 43.4 Å². The molecule has 0 unspecified atom stereocenters. The molecule has 1 aliphatic carbocycles. The van der Waals surface area contributed by atoms with Crippen LogP contribution in [0, 0.1) is 5.92 Å². The van der Waals surface area contributed by atoms with E-state index in [-0.39, 0.29) is 17.9 Å². The number of rotatable bonds is 5. The van der Waals surface area contributed by atoms with E-state index in [1.54, 1.807) is 0 Å². The Morgan fingerprint density at radius 2 is 1.95 bits per heavy atom. The second-order valence-corrected chi connectivity index (χ2v) is 5.47. The van der Waals surface area contributed by atoms with Gasteiger partial charge in [0.2, 0.25) is 0 Å². The number of aryl methyl sites for hydroxylation is 1. The van der Waals surface area contributed by atoms with Gasteiger partial charge >= 0.3 is 5.97 Å². The molecule has 1 fully saturated rings. The number of carbonyl (C=O) groups is 2. The smallest absolute Gasteiger partial charge is 0.306 e. The van der Waals surface area contributed by atoms with Crippen molar-refractivity contribution < 1.29 is 14.7 Å². The van der Waals surface area contributed by atoms with Crippen LogP contribution in [0.15, 0.2) is 24.3 Å². The Labute approximate surface area is 119 Å². The summed E-state index contributed by atoms with van der Waals surface area (Å²) in [6, 6.07) is 7.62. The van der Waals surface area contributed by atoms with E-state index in [1.807, 2.05) is 24.3 Å². The summed E-state index contributed by atoms with van der Waals surface area (Å²) in [5.41, 5.74) is 1.87. The highest BCUT2D eigenvalue weighted by Crippen LogP contribution is 2.25. The molecule has 108 valence electrons. The van der Waals surface area contributed by atoms with Crippen molar-refractivity contribution in [3.63, 3.8) is 0 Å². The van der Waals surface area contributed by atoms with Gasteiger partial charge in [0.15, 0.2) is 0 Å². The largest absolute Gasteiger partial charge is 0.481 e. The molecule has 20 heavy (non-hydrogen) atoms. The van der Waals surface area contributed by atoms with E-state index in [0.717, 1.165) is 19.3 Å². The monoisotopic (exact) mass is 275 g/mol. The molecule has 1 aliphatic rings. The molecule has 2 rings (SSSR count). The van der Waals surface area contributed by atoms with Crippen LogP contribution in [-0.2, 0) is 11.2 Å². The van der Waals surface area contributed by atoms with Crippen LogP contribution in [0.1, 0.15) is 48.5 Å². The number of amides is 1. The second-order valence-electron chi connectivity index (χ2n) is 5.47. The Morgan fingerprint density at radius 1 is 1.25 bits per heavy atom. The molecule has 0 saturated heterocycles. The Balaban J connectivity index is 1.90. The molecule has 1 amide bonds. The number of hydrogen-bond acceptors (Lipinski definition) is 2. The third-order valence-electron chi connectivity index (χ3n) is 3.87. The van der Waals surface area contributed by atoms with Crippen LogP contribution in [0.25, 0.3) is 0 Å². The highest BCUT2D eigenvalue weighted by molar-refractivity contribution is 5.94. The predicted octanol–water partition coefficient (Wildman–Crippen LogP) is 2.62. The van der Waals surface area contributed by atoms with Gasteiger partial charge in [-0.25, -0.2) is 0 Å². The lowest BCUT2D eigenvalue weighted by molar-refractivity contribution is -0.141. The summed E-state index contributed by atoms with van der Waals surface area (Å²) >= 11 is 0. The van der Waals surface area contributed by atoms with E-state index in [1.165, 1.54) is 5.56 Å². The number of carboxylic acids is 1. The molecule has 0 spiro atoms. The molecule has 1 aromatic carbocycles. The van der Waals surface area contributed by atoms with Crippen LogP contribution in [0.3, 0.4) is 0 Å². The van der Waals surface area contributed by atoms with E-state index in [2.05, 4.69) is 12.2 Å². The van der Waals surface area contributed by atoms with Gasteiger partial charge in [0.1, 0.15) is 0 Å². The zero-order valence-electron chi connectivity index (χ0n) is 11.8. The first kappa shape index (κ1) is 14.6. The van der Waals surface area contributed by atoms with Gasteiger partial charge < -0.3 is 10.4 Å². The van der Waals surface area contributed by atoms with E-state index in [4.69, 9.17) is 5.11 Å². The van der Waals surface area contributed by atoms with Crippen LogP contribution < -0.4 is 5.32 Å². The molecular formula is C16H21NO3. The Hall–Kier alpha value is -1.84. The first-order valence-corrected chi connectivity index (χ1v) is 7.22.